The van der Waals surface area contributed by atoms with E-state index in [1.54, 1.807) is 12.1 Å². The van der Waals surface area contributed by atoms with Crippen molar-refractivity contribution in [3.8, 4) is 17.2 Å². The average Bonchev–Trinajstić information content (AvgIpc) is 2.55. The van der Waals surface area contributed by atoms with Crippen molar-refractivity contribution in [2.45, 2.75) is 59.7 Å². The first kappa shape index (κ1) is 19.9. The van der Waals surface area contributed by atoms with E-state index in [-0.39, 0.29) is 18.0 Å². The fourth-order valence-electron chi connectivity index (χ4n) is 2.51. The first-order valence-corrected chi connectivity index (χ1v) is 9.15. The maximum atomic E-state index is 12.5. The van der Waals surface area contributed by atoms with Crippen LogP contribution in [-0.4, -0.2) is 18.8 Å². The fraction of sp³-hybridized carbons (Fsp3) is 0.476. The van der Waals surface area contributed by atoms with Gasteiger partial charge >= 0.3 is 5.63 Å². The number of hydrogen-bond acceptors (Lipinski definition) is 5. The molecule has 0 spiro atoms. The van der Waals surface area contributed by atoms with Gasteiger partial charge in [-0.25, -0.2) is 4.79 Å². The maximum absolute atomic E-state index is 12.5. The smallest absolute Gasteiger partial charge is 0.383 e. The monoisotopic (exact) mass is 360 g/mol. The summed E-state index contributed by atoms with van der Waals surface area (Å²) in [4.78, 5) is 12.5. The lowest BCUT2D eigenvalue weighted by molar-refractivity contribution is 0.215. The standard InChI is InChI=1S/C21H28O5/c1-6-7-8-9-13-23-20-19(25-15(4)5)18-16(24-14(2)3)11-10-12-17(18)26-21(20)22/h7-8,10-12,14-15H,6,9,13H2,1-5H3. The van der Waals surface area contributed by atoms with Gasteiger partial charge in [-0.1, -0.05) is 25.1 Å². The normalized spacial score (nSPS) is 11.7. The molecule has 0 radical (unpaired) electrons. The minimum Gasteiger partial charge on any atom is -0.490 e. The molecule has 2 rings (SSSR count). The third-order valence-corrected chi connectivity index (χ3v) is 3.46. The lowest BCUT2D eigenvalue weighted by atomic mass is 10.2. The molecule has 0 atom stereocenters. The van der Waals surface area contributed by atoms with Crippen LogP contribution < -0.4 is 19.8 Å². The predicted octanol–water partition coefficient (Wildman–Crippen LogP) is 5.10. The van der Waals surface area contributed by atoms with Gasteiger partial charge < -0.3 is 18.6 Å². The van der Waals surface area contributed by atoms with E-state index in [1.807, 2.05) is 39.8 Å². The SMILES string of the molecule is CCC=CCCOc1c(OC(C)C)c2c(OC(C)C)cccc2oc1=O. The Bertz CT molecular complexity index is 802. The Hall–Kier alpha value is -2.43. The van der Waals surface area contributed by atoms with Gasteiger partial charge in [0.1, 0.15) is 16.7 Å². The minimum absolute atomic E-state index is 0.0250. The molecule has 26 heavy (non-hydrogen) atoms. The zero-order chi connectivity index (χ0) is 19.1. The Balaban J connectivity index is 2.53. The van der Waals surface area contributed by atoms with Crippen LogP contribution >= 0.6 is 0 Å². The lowest BCUT2D eigenvalue weighted by Gasteiger charge is -2.18. The Morgan fingerprint density at radius 2 is 1.77 bits per heavy atom. The molecule has 5 heteroatoms. The number of fused-ring (bicyclic) bond motifs is 1. The van der Waals surface area contributed by atoms with Crippen molar-refractivity contribution in [3.05, 3.63) is 40.8 Å². The van der Waals surface area contributed by atoms with E-state index in [4.69, 9.17) is 18.6 Å². The molecule has 1 aromatic heterocycles. The molecule has 0 aliphatic heterocycles. The van der Waals surface area contributed by atoms with E-state index in [1.165, 1.54) is 0 Å². The van der Waals surface area contributed by atoms with E-state index in [0.29, 0.717) is 35.5 Å². The third-order valence-electron chi connectivity index (χ3n) is 3.46. The van der Waals surface area contributed by atoms with Gasteiger partial charge in [-0.15, -0.1) is 0 Å². The second-order valence-corrected chi connectivity index (χ2v) is 6.53. The molecule has 5 nitrogen and oxygen atoms in total. The first-order chi connectivity index (χ1) is 12.4. The van der Waals surface area contributed by atoms with Crippen molar-refractivity contribution in [1.82, 2.24) is 0 Å². The molecule has 0 saturated heterocycles. The molecular weight excluding hydrogens is 332 g/mol. The average molecular weight is 360 g/mol. The second kappa shape index (κ2) is 9.32. The minimum atomic E-state index is -0.547. The quantitative estimate of drug-likeness (QED) is 0.354. The van der Waals surface area contributed by atoms with Crippen LogP contribution in [0, 0.1) is 0 Å². The van der Waals surface area contributed by atoms with Gasteiger partial charge in [0.25, 0.3) is 0 Å². The summed E-state index contributed by atoms with van der Waals surface area (Å²) in [5, 5.41) is 0.619. The Morgan fingerprint density at radius 1 is 1.04 bits per heavy atom. The van der Waals surface area contributed by atoms with Gasteiger partial charge in [0.05, 0.1) is 18.8 Å². The van der Waals surface area contributed by atoms with Crippen molar-refractivity contribution in [2.24, 2.45) is 0 Å². The summed E-state index contributed by atoms with van der Waals surface area (Å²) >= 11 is 0. The lowest BCUT2D eigenvalue weighted by Crippen LogP contribution is -2.15. The van der Waals surface area contributed by atoms with Crippen LogP contribution in [0.3, 0.4) is 0 Å². The van der Waals surface area contributed by atoms with Crippen molar-refractivity contribution in [1.29, 1.82) is 0 Å². The first-order valence-electron chi connectivity index (χ1n) is 9.15. The topological polar surface area (TPSA) is 57.9 Å². The molecule has 142 valence electrons. The molecule has 0 aliphatic carbocycles. The molecule has 0 aliphatic rings. The van der Waals surface area contributed by atoms with E-state index < -0.39 is 5.63 Å². The number of hydrogen-bond donors (Lipinski definition) is 0. The second-order valence-electron chi connectivity index (χ2n) is 6.53. The largest absolute Gasteiger partial charge is 0.490 e. The highest BCUT2D eigenvalue weighted by molar-refractivity contribution is 5.91. The van der Waals surface area contributed by atoms with Gasteiger partial charge in [-0.3, -0.25) is 0 Å². The molecule has 0 unspecified atom stereocenters. The summed E-state index contributed by atoms with van der Waals surface area (Å²) < 4.78 is 23.1. The van der Waals surface area contributed by atoms with Crippen molar-refractivity contribution < 1.29 is 18.6 Å². The zero-order valence-electron chi connectivity index (χ0n) is 16.2. The molecule has 0 amide bonds. The molecule has 0 bridgehead atoms. The molecule has 0 N–H and O–H groups in total. The summed E-state index contributed by atoms with van der Waals surface area (Å²) in [5.41, 5.74) is -0.128. The van der Waals surface area contributed by atoms with E-state index in [2.05, 4.69) is 13.0 Å². The van der Waals surface area contributed by atoms with Crippen LogP contribution in [0.4, 0.5) is 0 Å². The number of benzene rings is 1. The van der Waals surface area contributed by atoms with Crippen molar-refractivity contribution in [3.63, 3.8) is 0 Å². The Morgan fingerprint density at radius 3 is 2.42 bits per heavy atom. The summed E-state index contributed by atoms with van der Waals surface area (Å²) in [5.74, 6) is 1.07. The van der Waals surface area contributed by atoms with Crippen LogP contribution in [0.25, 0.3) is 11.0 Å². The number of rotatable bonds is 9. The number of allylic oxidation sites excluding steroid dienone is 1. The zero-order valence-corrected chi connectivity index (χ0v) is 16.2. The molecule has 0 saturated carbocycles. The third kappa shape index (κ3) is 5.04. The van der Waals surface area contributed by atoms with Gasteiger partial charge in [-0.2, -0.15) is 0 Å². The Labute approximate surface area is 154 Å². The number of ether oxygens (including phenoxy) is 3. The van der Waals surface area contributed by atoms with Gasteiger partial charge in [-0.05, 0) is 52.7 Å². The van der Waals surface area contributed by atoms with Gasteiger partial charge in [0.2, 0.25) is 5.75 Å². The molecule has 1 heterocycles. The fourth-order valence-corrected chi connectivity index (χ4v) is 2.51. The molecule has 2 aromatic rings. The summed E-state index contributed by atoms with van der Waals surface area (Å²) in [6, 6.07) is 5.35. The summed E-state index contributed by atoms with van der Waals surface area (Å²) in [6.45, 7) is 10.1. The van der Waals surface area contributed by atoms with E-state index in [9.17, 15) is 4.79 Å². The molecular formula is C21H28O5. The highest BCUT2D eigenvalue weighted by Gasteiger charge is 2.22. The maximum Gasteiger partial charge on any atom is 0.383 e. The summed E-state index contributed by atoms with van der Waals surface area (Å²) in [6.07, 6.45) is 5.61. The van der Waals surface area contributed by atoms with E-state index >= 15 is 0 Å². The predicted molar refractivity (Wildman–Crippen MR) is 104 cm³/mol. The van der Waals surface area contributed by atoms with Crippen LogP contribution in [0.1, 0.15) is 47.5 Å². The molecule has 0 fully saturated rings. The van der Waals surface area contributed by atoms with Crippen LogP contribution in [0.15, 0.2) is 39.6 Å². The van der Waals surface area contributed by atoms with Gasteiger partial charge in [0, 0.05) is 0 Å². The Kier molecular flexibility index (Phi) is 7.13. The van der Waals surface area contributed by atoms with Crippen LogP contribution in [0.2, 0.25) is 0 Å². The van der Waals surface area contributed by atoms with Gasteiger partial charge in [0.15, 0.2) is 5.75 Å². The van der Waals surface area contributed by atoms with Crippen molar-refractivity contribution in [2.75, 3.05) is 6.61 Å². The molecule has 1 aromatic carbocycles. The van der Waals surface area contributed by atoms with E-state index in [0.717, 1.165) is 6.42 Å². The van der Waals surface area contributed by atoms with Crippen LogP contribution in [-0.2, 0) is 0 Å². The highest BCUT2D eigenvalue weighted by atomic mass is 16.5. The summed E-state index contributed by atoms with van der Waals surface area (Å²) in [7, 11) is 0. The van der Waals surface area contributed by atoms with Crippen LogP contribution in [0.5, 0.6) is 17.2 Å². The van der Waals surface area contributed by atoms with Crippen molar-refractivity contribution >= 4 is 11.0 Å². The highest BCUT2D eigenvalue weighted by Crippen LogP contribution is 2.39.